The van der Waals surface area contributed by atoms with Crippen molar-refractivity contribution >= 4 is 11.5 Å². The number of carbonyl (C=O) groups excluding carboxylic acids is 1. The van der Waals surface area contributed by atoms with Gasteiger partial charge in [0.15, 0.2) is 5.78 Å². The fourth-order valence-electron chi connectivity index (χ4n) is 3.89. The molecule has 0 saturated carbocycles. The largest absolute Gasteiger partial charge is 0.352 e. The molecule has 2 aliphatic rings. The van der Waals surface area contributed by atoms with Gasteiger partial charge in [0.2, 0.25) is 0 Å². The van der Waals surface area contributed by atoms with Crippen molar-refractivity contribution in [1.29, 1.82) is 0 Å². The fraction of sp³-hybridized carbons (Fsp3) is 0.316. The number of carbonyl (C=O) groups is 1. The summed E-state index contributed by atoms with van der Waals surface area (Å²) < 4.78 is 0. The second kappa shape index (κ2) is 4.96. The Labute approximate surface area is 131 Å². The fourth-order valence-corrected chi connectivity index (χ4v) is 3.89. The van der Waals surface area contributed by atoms with E-state index in [2.05, 4.69) is 47.2 Å². The van der Waals surface area contributed by atoms with Gasteiger partial charge in [-0.15, -0.1) is 0 Å². The lowest BCUT2D eigenvalue weighted by atomic mass is 9.91. The number of anilines is 1. The molecule has 112 valence electrons. The number of para-hydroxylation sites is 1. The van der Waals surface area contributed by atoms with Gasteiger partial charge in [0.25, 0.3) is 0 Å². The molecule has 1 spiro atoms. The molecule has 2 aromatic rings. The Bertz CT molecular complexity index is 712. The van der Waals surface area contributed by atoms with Gasteiger partial charge in [-0.05, 0) is 31.2 Å². The average Bonchev–Trinajstić information content (AvgIpc) is 3.04. The Morgan fingerprint density at radius 1 is 1.05 bits per heavy atom. The van der Waals surface area contributed by atoms with Crippen molar-refractivity contribution in [3.63, 3.8) is 0 Å². The molecule has 1 atom stereocenters. The molecule has 1 unspecified atom stereocenters. The Balaban J connectivity index is 1.79. The van der Waals surface area contributed by atoms with Crippen LogP contribution in [-0.2, 0) is 6.54 Å². The monoisotopic (exact) mass is 292 g/mol. The second-order valence-corrected chi connectivity index (χ2v) is 6.44. The molecule has 0 bridgehead atoms. The Kier molecular flexibility index (Phi) is 3.05. The van der Waals surface area contributed by atoms with Crippen LogP contribution in [0.3, 0.4) is 0 Å². The molecule has 0 N–H and O–H groups in total. The van der Waals surface area contributed by atoms with Crippen LogP contribution in [-0.4, -0.2) is 36.4 Å². The summed E-state index contributed by atoms with van der Waals surface area (Å²) in [5.41, 5.74) is 2.84. The number of Topliss-reactive ketones (excluding diaryl/α,β-unsaturated/α-hetero) is 1. The molecule has 4 rings (SSSR count). The molecule has 22 heavy (non-hydrogen) atoms. The number of likely N-dealkylation sites (N-methyl/N-ethyl adjacent to an activating group) is 1. The van der Waals surface area contributed by atoms with E-state index in [0.29, 0.717) is 5.78 Å². The van der Waals surface area contributed by atoms with Gasteiger partial charge in [0.1, 0.15) is 5.54 Å². The molecule has 0 aromatic heterocycles. The highest BCUT2D eigenvalue weighted by atomic mass is 16.1. The van der Waals surface area contributed by atoms with E-state index in [0.717, 1.165) is 37.3 Å². The maximum atomic E-state index is 13.1. The summed E-state index contributed by atoms with van der Waals surface area (Å²) in [6.45, 7) is 2.58. The average molecular weight is 292 g/mol. The second-order valence-electron chi connectivity index (χ2n) is 6.44. The van der Waals surface area contributed by atoms with Crippen molar-refractivity contribution in [1.82, 2.24) is 4.90 Å². The van der Waals surface area contributed by atoms with Crippen LogP contribution >= 0.6 is 0 Å². The van der Waals surface area contributed by atoms with Crippen molar-refractivity contribution in [3.05, 3.63) is 65.7 Å². The summed E-state index contributed by atoms with van der Waals surface area (Å²) in [6.07, 6.45) is 0.907. The number of rotatable bonds is 2. The third-order valence-electron chi connectivity index (χ3n) is 5.00. The third-order valence-corrected chi connectivity index (χ3v) is 5.00. The number of hydrogen-bond acceptors (Lipinski definition) is 3. The number of benzene rings is 2. The topological polar surface area (TPSA) is 23.6 Å². The van der Waals surface area contributed by atoms with Crippen molar-refractivity contribution < 1.29 is 4.79 Å². The molecular formula is C19H20N2O. The van der Waals surface area contributed by atoms with Crippen molar-refractivity contribution in [2.45, 2.75) is 18.5 Å². The van der Waals surface area contributed by atoms with Crippen LogP contribution in [0.15, 0.2) is 54.6 Å². The van der Waals surface area contributed by atoms with Crippen LogP contribution in [0.1, 0.15) is 22.3 Å². The van der Waals surface area contributed by atoms with E-state index in [-0.39, 0.29) is 5.54 Å². The van der Waals surface area contributed by atoms with Crippen LogP contribution in [0.25, 0.3) is 0 Å². The normalized spacial score (nSPS) is 24.2. The van der Waals surface area contributed by atoms with E-state index < -0.39 is 0 Å². The lowest BCUT2D eigenvalue weighted by Gasteiger charge is -2.35. The standard InChI is InChI=1S/C19H20N2O/c1-20-12-11-19(14-20)18(22)16-9-5-6-10-17(16)21(19)13-15-7-3-2-4-8-15/h2-10H,11-14H2,1H3. The van der Waals surface area contributed by atoms with Crippen LogP contribution in [0.5, 0.6) is 0 Å². The van der Waals surface area contributed by atoms with E-state index >= 15 is 0 Å². The molecule has 2 aromatic carbocycles. The third kappa shape index (κ3) is 1.89. The van der Waals surface area contributed by atoms with Crippen molar-refractivity contribution in [3.8, 4) is 0 Å². The summed E-state index contributed by atoms with van der Waals surface area (Å²) >= 11 is 0. The van der Waals surface area contributed by atoms with E-state index in [1.807, 2.05) is 24.3 Å². The number of nitrogens with zero attached hydrogens (tertiary/aromatic N) is 2. The number of hydrogen-bond donors (Lipinski definition) is 0. The first kappa shape index (κ1) is 13.5. The highest BCUT2D eigenvalue weighted by Gasteiger charge is 2.53. The minimum absolute atomic E-state index is 0.295. The molecule has 0 amide bonds. The smallest absolute Gasteiger partial charge is 0.191 e. The highest BCUT2D eigenvalue weighted by Crippen LogP contribution is 2.44. The van der Waals surface area contributed by atoms with Crippen molar-refractivity contribution in [2.75, 3.05) is 25.0 Å². The SMILES string of the molecule is CN1CCC2(C1)C(=O)c1ccccc1N2Cc1ccccc1. The summed E-state index contributed by atoms with van der Waals surface area (Å²) in [5.74, 6) is 0.295. The summed E-state index contributed by atoms with van der Waals surface area (Å²) in [5, 5.41) is 0. The summed E-state index contributed by atoms with van der Waals surface area (Å²) in [6, 6.07) is 18.5. The van der Waals surface area contributed by atoms with Gasteiger partial charge >= 0.3 is 0 Å². The van der Waals surface area contributed by atoms with E-state index in [1.165, 1.54) is 5.56 Å². The van der Waals surface area contributed by atoms with Gasteiger partial charge in [-0.1, -0.05) is 42.5 Å². The first-order valence-corrected chi connectivity index (χ1v) is 7.85. The van der Waals surface area contributed by atoms with Gasteiger partial charge in [0, 0.05) is 30.9 Å². The van der Waals surface area contributed by atoms with E-state index in [9.17, 15) is 4.79 Å². The van der Waals surface area contributed by atoms with Crippen LogP contribution in [0.2, 0.25) is 0 Å². The van der Waals surface area contributed by atoms with Gasteiger partial charge in [-0.2, -0.15) is 0 Å². The Morgan fingerprint density at radius 3 is 2.50 bits per heavy atom. The highest BCUT2D eigenvalue weighted by molar-refractivity contribution is 6.14. The molecule has 1 fully saturated rings. The Morgan fingerprint density at radius 2 is 1.77 bits per heavy atom. The zero-order valence-corrected chi connectivity index (χ0v) is 12.8. The first-order chi connectivity index (χ1) is 10.7. The van der Waals surface area contributed by atoms with E-state index in [1.54, 1.807) is 0 Å². The molecule has 3 heteroatoms. The number of likely N-dealkylation sites (tertiary alicyclic amines) is 1. The van der Waals surface area contributed by atoms with E-state index in [4.69, 9.17) is 0 Å². The molecule has 3 nitrogen and oxygen atoms in total. The predicted octanol–water partition coefficient (Wildman–Crippen LogP) is 2.96. The predicted molar refractivity (Wildman–Crippen MR) is 88.2 cm³/mol. The van der Waals surface area contributed by atoms with Crippen LogP contribution in [0.4, 0.5) is 5.69 Å². The zero-order chi connectivity index (χ0) is 15.2. The maximum absolute atomic E-state index is 13.1. The molecule has 0 aliphatic carbocycles. The Hall–Kier alpha value is -2.13. The first-order valence-electron chi connectivity index (χ1n) is 7.85. The molecule has 2 aliphatic heterocycles. The number of ketones is 1. The van der Waals surface area contributed by atoms with Crippen molar-refractivity contribution in [2.24, 2.45) is 0 Å². The van der Waals surface area contributed by atoms with Gasteiger partial charge in [0.05, 0.1) is 0 Å². The van der Waals surface area contributed by atoms with Gasteiger partial charge in [-0.25, -0.2) is 0 Å². The lowest BCUT2D eigenvalue weighted by molar-refractivity contribution is 0.0904. The summed E-state index contributed by atoms with van der Waals surface area (Å²) in [4.78, 5) is 17.7. The number of fused-ring (bicyclic) bond motifs is 1. The zero-order valence-electron chi connectivity index (χ0n) is 12.8. The van der Waals surface area contributed by atoms with Crippen LogP contribution in [0, 0.1) is 0 Å². The molecule has 0 radical (unpaired) electrons. The molecule has 1 saturated heterocycles. The molecule has 2 heterocycles. The lowest BCUT2D eigenvalue weighted by Crippen LogP contribution is -2.51. The quantitative estimate of drug-likeness (QED) is 0.850. The molecular weight excluding hydrogens is 272 g/mol. The minimum atomic E-state index is -0.381. The minimum Gasteiger partial charge on any atom is -0.352 e. The van der Waals surface area contributed by atoms with Crippen LogP contribution < -0.4 is 4.90 Å². The van der Waals surface area contributed by atoms with Gasteiger partial charge < -0.3 is 9.80 Å². The summed E-state index contributed by atoms with van der Waals surface area (Å²) in [7, 11) is 2.10. The maximum Gasteiger partial charge on any atom is 0.191 e. The van der Waals surface area contributed by atoms with Gasteiger partial charge in [-0.3, -0.25) is 4.79 Å².